The van der Waals surface area contributed by atoms with Gasteiger partial charge in [-0.15, -0.1) is 0 Å². The standard InChI is InChI=1S/C16H24N4O/c1-2-15-11-18-16(21-15)12-17-10-13-8-9-20(19-13)14-6-4-3-5-7-14/h8-9,11,14,17H,2-7,10,12H2,1H3. The first-order valence-corrected chi connectivity index (χ1v) is 8.03. The third-order valence-electron chi connectivity index (χ3n) is 4.14. The summed E-state index contributed by atoms with van der Waals surface area (Å²) in [5, 5.41) is 8.03. The van der Waals surface area contributed by atoms with Crippen LogP contribution in [-0.4, -0.2) is 14.8 Å². The lowest BCUT2D eigenvalue weighted by Gasteiger charge is -2.21. The van der Waals surface area contributed by atoms with Crippen molar-refractivity contribution in [2.45, 2.75) is 64.6 Å². The molecule has 1 aliphatic carbocycles. The Morgan fingerprint density at radius 3 is 2.90 bits per heavy atom. The summed E-state index contributed by atoms with van der Waals surface area (Å²) in [5.41, 5.74) is 1.09. The topological polar surface area (TPSA) is 55.9 Å². The summed E-state index contributed by atoms with van der Waals surface area (Å²) in [6, 6.07) is 2.71. The molecule has 0 aliphatic heterocycles. The summed E-state index contributed by atoms with van der Waals surface area (Å²) in [6.45, 7) is 3.47. The second-order valence-corrected chi connectivity index (χ2v) is 5.76. The Kier molecular flexibility index (Phi) is 4.70. The van der Waals surface area contributed by atoms with Gasteiger partial charge in [-0.3, -0.25) is 4.68 Å². The van der Waals surface area contributed by atoms with Gasteiger partial charge in [0, 0.05) is 19.2 Å². The van der Waals surface area contributed by atoms with Gasteiger partial charge in [0.1, 0.15) is 5.76 Å². The van der Waals surface area contributed by atoms with Crippen molar-refractivity contribution < 1.29 is 4.42 Å². The van der Waals surface area contributed by atoms with Crippen LogP contribution in [0.2, 0.25) is 0 Å². The molecule has 1 fully saturated rings. The third kappa shape index (κ3) is 3.73. The van der Waals surface area contributed by atoms with E-state index in [1.807, 2.05) is 0 Å². The smallest absolute Gasteiger partial charge is 0.208 e. The van der Waals surface area contributed by atoms with E-state index in [1.54, 1.807) is 6.20 Å². The molecule has 0 radical (unpaired) electrons. The molecule has 0 amide bonds. The SMILES string of the molecule is CCc1cnc(CNCc2ccn(C3CCCCC3)n2)o1. The van der Waals surface area contributed by atoms with Crippen molar-refractivity contribution in [2.75, 3.05) is 0 Å². The zero-order valence-electron chi connectivity index (χ0n) is 12.7. The van der Waals surface area contributed by atoms with Crippen molar-refractivity contribution in [1.82, 2.24) is 20.1 Å². The Morgan fingerprint density at radius 2 is 2.14 bits per heavy atom. The summed E-state index contributed by atoms with van der Waals surface area (Å²) in [6.07, 6.45) is 11.4. The monoisotopic (exact) mass is 288 g/mol. The van der Waals surface area contributed by atoms with E-state index in [0.717, 1.165) is 30.3 Å². The van der Waals surface area contributed by atoms with E-state index in [2.05, 4.69) is 39.3 Å². The number of hydrogen-bond acceptors (Lipinski definition) is 4. The maximum atomic E-state index is 5.57. The number of aromatic nitrogens is 3. The molecule has 5 heteroatoms. The molecule has 1 saturated carbocycles. The van der Waals surface area contributed by atoms with Crippen LogP contribution >= 0.6 is 0 Å². The lowest BCUT2D eigenvalue weighted by molar-refractivity contribution is 0.327. The molecular formula is C16H24N4O. The molecule has 5 nitrogen and oxygen atoms in total. The van der Waals surface area contributed by atoms with E-state index in [0.29, 0.717) is 12.6 Å². The molecular weight excluding hydrogens is 264 g/mol. The zero-order valence-corrected chi connectivity index (χ0v) is 12.7. The Hall–Kier alpha value is -1.62. The molecule has 0 atom stereocenters. The molecule has 114 valence electrons. The number of nitrogens with zero attached hydrogens (tertiary/aromatic N) is 3. The molecule has 2 aromatic heterocycles. The number of rotatable bonds is 6. The minimum atomic E-state index is 0.603. The normalized spacial score (nSPS) is 16.4. The second-order valence-electron chi connectivity index (χ2n) is 5.76. The molecule has 0 saturated heterocycles. The Morgan fingerprint density at radius 1 is 1.29 bits per heavy atom. The molecule has 0 spiro atoms. The van der Waals surface area contributed by atoms with Crippen molar-refractivity contribution in [1.29, 1.82) is 0 Å². The second kappa shape index (κ2) is 6.89. The van der Waals surface area contributed by atoms with Gasteiger partial charge < -0.3 is 9.73 Å². The lowest BCUT2D eigenvalue weighted by atomic mass is 9.96. The highest BCUT2D eigenvalue weighted by Crippen LogP contribution is 2.27. The molecule has 0 aromatic carbocycles. The highest BCUT2D eigenvalue weighted by atomic mass is 16.4. The van der Waals surface area contributed by atoms with Gasteiger partial charge in [-0.2, -0.15) is 5.10 Å². The van der Waals surface area contributed by atoms with Gasteiger partial charge in [0.2, 0.25) is 5.89 Å². The van der Waals surface area contributed by atoms with Crippen LogP contribution in [0.4, 0.5) is 0 Å². The van der Waals surface area contributed by atoms with Crippen LogP contribution in [0.3, 0.4) is 0 Å². The summed E-state index contributed by atoms with van der Waals surface area (Å²) in [4.78, 5) is 4.24. The highest BCUT2D eigenvalue weighted by Gasteiger charge is 2.15. The molecule has 0 unspecified atom stereocenters. The van der Waals surface area contributed by atoms with Gasteiger partial charge >= 0.3 is 0 Å². The maximum absolute atomic E-state index is 5.57. The van der Waals surface area contributed by atoms with Gasteiger partial charge in [0.25, 0.3) is 0 Å². The van der Waals surface area contributed by atoms with Crippen LogP contribution in [0.25, 0.3) is 0 Å². The Balaban J connectivity index is 1.48. The molecule has 2 aromatic rings. The average Bonchev–Trinajstić information content (AvgIpc) is 3.17. The van der Waals surface area contributed by atoms with Crippen molar-refractivity contribution in [2.24, 2.45) is 0 Å². The molecule has 1 aliphatic rings. The van der Waals surface area contributed by atoms with Gasteiger partial charge in [0.15, 0.2) is 0 Å². The summed E-state index contributed by atoms with van der Waals surface area (Å²) in [5.74, 6) is 1.69. The quantitative estimate of drug-likeness (QED) is 0.886. The lowest BCUT2D eigenvalue weighted by Crippen LogP contribution is -2.16. The summed E-state index contributed by atoms with van der Waals surface area (Å²) >= 11 is 0. The maximum Gasteiger partial charge on any atom is 0.208 e. The molecule has 2 heterocycles. The molecule has 21 heavy (non-hydrogen) atoms. The Bertz CT molecular complexity index is 554. The van der Waals surface area contributed by atoms with Crippen molar-refractivity contribution >= 4 is 0 Å². The van der Waals surface area contributed by atoms with Gasteiger partial charge in [-0.1, -0.05) is 26.2 Å². The summed E-state index contributed by atoms with van der Waals surface area (Å²) in [7, 11) is 0. The third-order valence-corrected chi connectivity index (χ3v) is 4.14. The van der Waals surface area contributed by atoms with E-state index in [-0.39, 0.29) is 0 Å². The minimum Gasteiger partial charge on any atom is -0.444 e. The fourth-order valence-corrected chi connectivity index (χ4v) is 2.91. The largest absolute Gasteiger partial charge is 0.444 e. The van der Waals surface area contributed by atoms with E-state index in [1.165, 1.54) is 32.1 Å². The van der Waals surface area contributed by atoms with Gasteiger partial charge in [0.05, 0.1) is 24.5 Å². The van der Waals surface area contributed by atoms with Crippen LogP contribution in [0, 0.1) is 0 Å². The summed E-state index contributed by atoms with van der Waals surface area (Å²) < 4.78 is 7.72. The van der Waals surface area contributed by atoms with Crippen LogP contribution in [0.5, 0.6) is 0 Å². The van der Waals surface area contributed by atoms with Gasteiger partial charge in [-0.25, -0.2) is 4.98 Å². The highest BCUT2D eigenvalue weighted by molar-refractivity contribution is 5.00. The number of nitrogens with one attached hydrogen (secondary N) is 1. The van der Waals surface area contributed by atoms with E-state index in [4.69, 9.17) is 4.42 Å². The fraction of sp³-hybridized carbons (Fsp3) is 0.625. The van der Waals surface area contributed by atoms with Crippen molar-refractivity contribution in [3.05, 3.63) is 35.8 Å². The first-order valence-electron chi connectivity index (χ1n) is 8.03. The van der Waals surface area contributed by atoms with E-state index < -0.39 is 0 Å². The van der Waals surface area contributed by atoms with Crippen LogP contribution in [-0.2, 0) is 19.5 Å². The average molecular weight is 288 g/mol. The van der Waals surface area contributed by atoms with E-state index >= 15 is 0 Å². The number of aryl methyl sites for hydroxylation is 1. The zero-order chi connectivity index (χ0) is 14.5. The van der Waals surface area contributed by atoms with E-state index in [9.17, 15) is 0 Å². The van der Waals surface area contributed by atoms with Crippen molar-refractivity contribution in [3.63, 3.8) is 0 Å². The molecule has 3 rings (SSSR count). The van der Waals surface area contributed by atoms with Gasteiger partial charge in [-0.05, 0) is 18.9 Å². The fourth-order valence-electron chi connectivity index (χ4n) is 2.91. The van der Waals surface area contributed by atoms with Crippen LogP contribution in [0.1, 0.15) is 62.4 Å². The predicted molar refractivity (Wildman–Crippen MR) is 80.8 cm³/mol. The number of oxazole rings is 1. The van der Waals surface area contributed by atoms with Crippen LogP contribution < -0.4 is 5.32 Å². The Labute approximate surface area is 125 Å². The number of hydrogen-bond donors (Lipinski definition) is 1. The minimum absolute atomic E-state index is 0.603. The van der Waals surface area contributed by atoms with Crippen LogP contribution in [0.15, 0.2) is 22.9 Å². The first kappa shape index (κ1) is 14.3. The molecule has 1 N–H and O–H groups in total. The van der Waals surface area contributed by atoms with Crippen molar-refractivity contribution in [3.8, 4) is 0 Å². The predicted octanol–water partition coefficient (Wildman–Crippen LogP) is 3.23. The first-order chi connectivity index (χ1) is 10.3. The molecule has 0 bridgehead atoms.